The van der Waals surface area contributed by atoms with Gasteiger partial charge in [-0.1, -0.05) is 13.3 Å². The number of aliphatic hydroxyl groups is 1. The average Bonchev–Trinajstić information content (AvgIpc) is 2.15. The lowest BCUT2D eigenvalue weighted by Crippen LogP contribution is -2.58. The van der Waals surface area contributed by atoms with E-state index in [-0.39, 0.29) is 0 Å². The number of nitrogens with zero attached hydrogens (tertiary/aromatic N) is 2. The summed E-state index contributed by atoms with van der Waals surface area (Å²) < 4.78 is 0. The Hall–Kier alpha value is -0.120. The van der Waals surface area contributed by atoms with E-state index in [1.54, 1.807) is 0 Å². The Bertz CT molecular complexity index is 163. The maximum atomic E-state index is 9.33. The normalized spacial score (nSPS) is 30.9. The van der Waals surface area contributed by atoms with E-state index in [0.717, 1.165) is 19.6 Å². The predicted molar refractivity (Wildman–Crippen MR) is 59.4 cm³/mol. The van der Waals surface area contributed by atoms with Crippen LogP contribution in [0, 0.1) is 0 Å². The largest absolute Gasteiger partial charge is 0.395 e. The third kappa shape index (κ3) is 2.94. The molecule has 1 aliphatic rings. The van der Waals surface area contributed by atoms with E-state index in [2.05, 4.69) is 30.7 Å². The van der Waals surface area contributed by atoms with Gasteiger partial charge in [0, 0.05) is 25.2 Å². The van der Waals surface area contributed by atoms with Gasteiger partial charge in [0.2, 0.25) is 0 Å². The van der Waals surface area contributed by atoms with Gasteiger partial charge in [-0.15, -0.1) is 0 Å². The van der Waals surface area contributed by atoms with Crippen LogP contribution in [-0.4, -0.2) is 60.3 Å². The van der Waals surface area contributed by atoms with E-state index in [9.17, 15) is 5.11 Å². The highest BCUT2D eigenvalue weighted by Crippen LogP contribution is 2.15. The second-order valence-corrected chi connectivity index (χ2v) is 4.50. The highest BCUT2D eigenvalue weighted by molar-refractivity contribution is 4.85. The first-order valence-electron chi connectivity index (χ1n) is 5.74. The number of rotatable bonds is 4. The second-order valence-electron chi connectivity index (χ2n) is 4.50. The van der Waals surface area contributed by atoms with Gasteiger partial charge in [0.15, 0.2) is 0 Å². The summed E-state index contributed by atoms with van der Waals surface area (Å²) in [6, 6.07) is 0.924. The van der Waals surface area contributed by atoms with Crippen molar-refractivity contribution in [1.82, 2.24) is 9.80 Å². The van der Waals surface area contributed by atoms with Crippen molar-refractivity contribution in [3.63, 3.8) is 0 Å². The van der Waals surface area contributed by atoms with Gasteiger partial charge >= 0.3 is 0 Å². The summed E-state index contributed by atoms with van der Waals surface area (Å²) in [4.78, 5) is 4.78. The summed E-state index contributed by atoms with van der Waals surface area (Å²) in [5, 5.41) is 9.33. The fourth-order valence-corrected chi connectivity index (χ4v) is 2.36. The third-order valence-corrected chi connectivity index (χ3v) is 3.11. The standard InChI is InChI=1S/C11H24N2O/c1-4-5-6-13-10(2)7-12(3)8-11(13)9-14/h10-11,14H,4-9H2,1-3H3. The number of unbranched alkanes of at least 4 members (excludes halogenated alkanes) is 1. The van der Waals surface area contributed by atoms with Crippen LogP contribution >= 0.6 is 0 Å². The molecule has 2 atom stereocenters. The molecule has 0 bridgehead atoms. The minimum Gasteiger partial charge on any atom is -0.395 e. The molecule has 3 heteroatoms. The van der Waals surface area contributed by atoms with Crippen molar-refractivity contribution < 1.29 is 5.11 Å². The molecular weight excluding hydrogens is 176 g/mol. The van der Waals surface area contributed by atoms with E-state index >= 15 is 0 Å². The smallest absolute Gasteiger partial charge is 0.0599 e. The molecule has 0 aromatic carbocycles. The quantitative estimate of drug-likeness (QED) is 0.726. The van der Waals surface area contributed by atoms with E-state index < -0.39 is 0 Å². The lowest BCUT2D eigenvalue weighted by atomic mass is 10.1. The molecule has 84 valence electrons. The number of piperazine rings is 1. The van der Waals surface area contributed by atoms with Crippen LogP contribution in [0.25, 0.3) is 0 Å². The van der Waals surface area contributed by atoms with Gasteiger partial charge in [0.1, 0.15) is 0 Å². The van der Waals surface area contributed by atoms with Crippen LogP contribution < -0.4 is 0 Å². The maximum absolute atomic E-state index is 9.33. The molecule has 0 radical (unpaired) electrons. The Morgan fingerprint density at radius 1 is 1.36 bits per heavy atom. The summed E-state index contributed by atoms with van der Waals surface area (Å²) >= 11 is 0. The Balaban J connectivity index is 2.49. The molecule has 0 saturated carbocycles. The zero-order valence-electron chi connectivity index (χ0n) is 9.74. The summed E-state index contributed by atoms with van der Waals surface area (Å²) in [6.07, 6.45) is 2.47. The lowest BCUT2D eigenvalue weighted by Gasteiger charge is -2.44. The summed E-state index contributed by atoms with van der Waals surface area (Å²) in [5.74, 6) is 0. The van der Waals surface area contributed by atoms with Crippen LogP contribution in [0.5, 0.6) is 0 Å². The molecule has 2 unspecified atom stereocenters. The lowest BCUT2D eigenvalue weighted by molar-refractivity contribution is 0.0136. The molecule has 0 aromatic heterocycles. The number of hydrogen-bond acceptors (Lipinski definition) is 3. The van der Waals surface area contributed by atoms with Crippen LogP contribution in [0.1, 0.15) is 26.7 Å². The van der Waals surface area contributed by atoms with Crippen molar-refractivity contribution in [3.05, 3.63) is 0 Å². The highest BCUT2D eigenvalue weighted by Gasteiger charge is 2.29. The summed E-state index contributed by atoms with van der Waals surface area (Å²) in [7, 11) is 2.14. The highest BCUT2D eigenvalue weighted by atomic mass is 16.3. The van der Waals surface area contributed by atoms with Crippen molar-refractivity contribution in [2.45, 2.75) is 38.8 Å². The third-order valence-electron chi connectivity index (χ3n) is 3.11. The van der Waals surface area contributed by atoms with Crippen LogP contribution in [0.15, 0.2) is 0 Å². The van der Waals surface area contributed by atoms with E-state index in [1.807, 2.05) is 0 Å². The molecule has 0 spiro atoms. The molecule has 1 rings (SSSR count). The molecule has 1 N–H and O–H groups in total. The molecule has 1 heterocycles. The topological polar surface area (TPSA) is 26.7 Å². The Labute approximate surface area is 87.7 Å². The molecule has 0 aromatic rings. The first-order chi connectivity index (χ1) is 6.69. The van der Waals surface area contributed by atoms with Crippen molar-refractivity contribution in [1.29, 1.82) is 0 Å². The van der Waals surface area contributed by atoms with Crippen molar-refractivity contribution in [2.24, 2.45) is 0 Å². The van der Waals surface area contributed by atoms with Gasteiger partial charge < -0.3 is 10.0 Å². The minimum absolute atomic E-state index is 0.290. The first kappa shape index (κ1) is 12.0. The molecular formula is C11H24N2O. The van der Waals surface area contributed by atoms with Gasteiger partial charge in [0.05, 0.1) is 6.61 Å². The fraction of sp³-hybridized carbons (Fsp3) is 1.00. The van der Waals surface area contributed by atoms with E-state index in [0.29, 0.717) is 18.7 Å². The maximum Gasteiger partial charge on any atom is 0.0599 e. The predicted octanol–water partition coefficient (Wildman–Crippen LogP) is 0.783. The summed E-state index contributed by atoms with van der Waals surface area (Å²) in [6.45, 7) is 8.03. The zero-order valence-corrected chi connectivity index (χ0v) is 9.74. The Morgan fingerprint density at radius 3 is 2.64 bits per heavy atom. The summed E-state index contributed by atoms with van der Waals surface area (Å²) in [5.41, 5.74) is 0. The second kappa shape index (κ2) is 5.69. The molecule has 14 heavy (non-hydrogen) atoms. The SMILES string of the molecule is CCCCN1C(C)CN(C)CC1CO. The molecule has 1 fully saturated rings. The fourth-order valence-electron chi connectivity index (χ4n) is 2.36. The van der Waals surface area contributed by atoms with Crippen molar-refractivity contribution >= 4 is 0 Å². The average molecular weight is 200 g/mol. The Morgan fingerprint density at radius 2 is 2.07 bits per heavy atom. The van der Waals surface area contributed by atoms with E-state index in [4.69, 9.17) is 0 Å². The molecule has 0 aliphatic carbocycles. The van der Waals surface area contributed by atoms with Gasteiger partial charge in [-0.05, 0) is 26.9 Å². The van der Waals surface area contributed by atoms with Crippen molar-refractivity contribution in [3.8, 4) is 0 Å². The van der Waals surface area contributed by atoms with Crippen LogP contribution in [0.2, 0.25) is 0 Å². The van der Waals surface area contributed by atoms with E-state index in [1.165, 1.54) is 12.8 Å². The van der Waals surface area contributed by atoms with Gasteiger partial charge in [-0.25, -0.2) is 0 Å². The van der Waals surface area contributed by atoms with Crippen LogP contribution in [-0.2, 0) is 0 Å². The molecule has 3 nitrogen and oxygen atoms in total. The number of hydrogen-bond donors (Lipinski definition) is 1. The molecule has 0 amide bonds. The monoisotopic (exact) mass is 200 g/mol. The van der Waals surface area contributed by atoms with Crippen molar-refractivity contribution in [2.75, 3.05) is 33.3 Å². The van der Waals surface area contributed by atoms with Gasteiger partial charge in [0.25, 0.3) is 0 Å². The number of likely N-dealkylation sites (N-methyl/N-ethyl adjacent to an activating group) is 1. The first-order valence-corrected chi connectivity index (χ1v) is 5.74. The molecule has 1 aliphatic heterocycles. The zero-order chi connectivity index (χ0) is 10.6. The minimum atomic E-state index is 0.290. The van der Waals surface area contributed by atoms with Gasteiger partial charge in [-0.3, -0.25) is 4.90 Å². The Kier molecular flexibility index (Phi) is 4.85. The van der Waals surface area contributed by atoms with Crippen LogP contribution in [0.3, 0.4) is 0 Å². The molecule has 1 saturated heterocycles. The van der Waals surface area contributed by atoms with Crippen LogP contribution in [0.4, 0.5) is 0 Å². The van der Waals surface area contributed by atoms with Gasteiger partial charge in [-0.2, -0.15) is 0 Å². The number of aliphatic hydroxyl groups excluding tert-OH is 1.